The van der Waals surface area contributed by atoms with Crippen molar-refractivity contribution in [2.75, 3.05) is 5.32 Å². The molecule has 0 saturated heterocycles. The standard InChI is InChI=1S/C17H16ClFN4O2/c18-13-7-10(19)1-4-14(13)23-12-3-2-11(21-9-12)8-22-16(25)17(5-6-17)15(20)24/h1-4,7,9,23H,5-6,8H2,(H2,20,24)(H,22,25). The van der Waals surface area contributed by atoms with E-state index in [0.29, 0.717) is 29.9 Å². The van der Waals surface area contributed by atoms with Crippen molar-refractivity contribution in [3.8, 4) is 0 Å². The van der Waals surface area contributed by atoms with Gasteiger partial charge >= 0.3 is 0 Å². The van der Waals surface area contributed by atoms with Gasteiger partial charge in [-0.05, 0) is 43.2 Å². The maximum atomic E-state index is 13.0. The van der Waals surface area contributed by atoms with Crippen molar-refractivity contribution >= 4 is 34.8 Å². The van der Waals surface area contributed by atoms with Gasteiger partial charge < -0.3 is 16.4 Å². The Morgan fingerprint density at radius 3 is 2.60 bits per heavy atom. The van der Waals surface area contributed by atoms with Crippen LogP contribution in [0.5, 0.6) is 0 Å². The molecule has 8 heteroatoms. The van der Waals surface area contributed by atoms with Gasteiger partial charge in [-0.1, -0.05) is 11.6 Å². The highest BCUT2D eigenvalue weighted by Gasteiger charge is 2.55. The van der Waals surface area contributed by atoms with Gasteiger partial charge in [0.05, 0.1) is 34.8 Å². The molecule has 0 atom stereocenters. The number of aromatic nitrogens is 1. The molecular weight excluding hydrogens is 347 g/mol. The van der Waals surface area contributed by atoms with Crippen molar-refractivity contribution in [3.05, 3.63) is 53.1 Å². The molecule has 0 aliphatic heterocycles. The molecule has 0 unspecified atom stereocenters. The minimum atomic E-state index is -1.04. The lowest BCUT2D eigenvalue weighted by Gasteiger charge is -2.12. The number of rotatable bonds is 6. The predicted molar refractivity (Wildman–Crippen MR) is 91.6 cm³/mol. The van der Waals surface area contributed by atoms with Crippen LogP contribution in [0, 0.1) is 11.2 Å². The van der Waals surface area contributed by atoms with Gasteiger partial charge in [-0.3, -0.25) is 14.6 Å². The number of carbonyl (C=O) groups is 2. The topological polar surface area (TPSA) is 97.1 Å². The van der Waals surface area contributed by atoms with Gasteiger partial charge in [0.2, 0.25) is 11.8 Å². The third kappa shape index (κ3) is 3.71. The smallest absolute Gasteiger partial charge is 0.236 e. The molecular formula is C17H16ClFN4O2. The van der Waals surface area contributed by atoms with Crippen LogP contribution >= 0.6 is 11.6 Å². The van der Waals surface area contributed by atoms with Gasteiger partial charge in [-0.2, -0.15) is 0 Å². The summed E-state index contributed by atoms with van der Waals surface area (Å²) in [6.07, 6.45) is 2.55. The average Bonchev–Trinajstić information content (AvgIpc) is 3.38. The Morgan fingerprint density at radius 1 is 1.28 bits per heavy atom. The second-order valence-electron chi connectivity index (χ2n) is 5.92. The van der Waals surface area contributed by atoms with Crippen molar-refractivity contribution < 1.29 is 14.0 Å². The zero-order valence-corrected chi connectivity index (χ0v) is 13.9. The molecule has 1 fully saturated rings. The molecule has 25 heavy (non-hydrogen) atoms. The highest BCUT2D eigenvalue weighted by Crippen LogP contribution is 2.45. The number of pyridine rings is 1. The maximum absolute atomic E-state index is 13.0. The van der Waals surface area contributed by atoms with Crippen molar-refractivity contribution in [1.29, 1.82) is 0 Å². The number of anilines is 2. The fourth-order valence-corrected chi connectivity index (χ4v) is 2.61. The summed E-state index contributed by atoms with van der Waals surface area (Å²) in [4.78, 5) is 27.6. The molecule has 2 amide bonds. The van der Waals surface area contributed by atoms with E-state index in [1.807, 2.05) is 0 Å². The summed E-state index contributed by atoms with van der Waals surface area (Å²) >= 11 is 5.96. The molecule has 3 rings (SSSR count). The maximum Gasteiger partial charge on any atom is 0.236 e. The van der Waals surface area contributed by atoms with E-state index in [-0.39, 0.29) is 17.5 Å². The van der Waals surface area contributed by atoms with Gasteiger partial charge in [0.25, 0.3) is 0 Å². The number of benzene rings is 1. The number of nitrogens with two attached hydrogens (primary N) is 1. The van der Waals surface area contributed by atoms with Crippen LogP contribution in [0.15, 0.2) is 36.5 Å². The third-order valence-corrected chi connectivity index (χ3v) is 4.43. The first-order chi connectivity index (χ1) is 11.9. The number of carbonyl (C=O) groups excluding carboxylic acids is 2. The van der Waals surface area contributed by atoms with Crippen LogP contribution in [0.3, 0.4) is 0 Å². The second kappa shape index (κ2) is 6.68. The average molecular weight is 363 g/mol. The van der Waals surface area contributed by atoms with E-state index < -0.39 is 17.1 Å². The Kier molecular flexibility index (Phi) is 4.59. The van der Waals surface area contributed by atoms with E-state index in [1.165, 1.54) is 18.2 Å². The Labute approximate surface area is 148 Å². The third-order valence-electron chi connectivity index (χ3n) is 4.12. The van der Waals surface area contributed by atoms with Crippen LogP contribution < -0.4 is 16.4 Å². The molecule has 1 aromatic heterocycles. The van der Waals surface area contributed by atoms with Crippen LogP contribution in [0.25, 0.3) is 0 Å². The molecule has 4 N–H and O–H groups in total. The van der Waals surface area contributed by atoms with Gasteiger partial charge in [0, 0.05) is 0 Å². The molecule has 0 bridgehead atoms. The van der Waals surface area contributed by atoms with E-state index in [4.69, 9.17) is 17.3 Å². The molecule has 0 spiro atoms. The zero-order valence-electron chi connectivity index (χ0n) is 13.2. The monoisotopic (exact) mass is 362 g/mol. The van der Waals surface area contributed by atoms with Gasteiger partial charge in [-0.15, -0.1) is 0 Å². The van der Waals surface area contributed by atoms with Crippen molar-refractivity contribution in [3.63, 3.8) is 0 Å². The van der Waals surface area contributed by atoms with E-state index in [0.717, 1.165) is 0 Å². The zero-order chi connectivity index (χ0) is 18.0. The van der Waals surface area contributed by atoms with Gasteiger partial charge in [0.15, 0.2) is 0 Å². The van der Waals surface area contributed by atoms with Gasteiger partial charge in [-0.25, -0.2) is 4.39 Å². The SMILES string of the molecule is NC(=O)C1(C(=O)NCc2ccc(Nc3ccc(F)cc3Cl)cn2)CC1. The molecule has 1 heterocycles. The molecule has 1 aromatic carbocycles. The van der Waals surface area contributed by atoms with Crippen LogP contribution in [-0.4, -0.2) is 16.8 Å². The van der Waals surface area contributed by atoms with E-state index in [2.05, 4.69) is 15.6 Å². The summed E-state index contributed by atoms with van der Waals surface area (Å²) in [6, 6.07) is 7.54. The fourth-order valence-electron chi connectivity index (χ4n) is 2.40. The number of primary amides is 1. The van der Waals surface area contributed by atoms with Crippen LogP contribution in [0.2, 0.25) is 5.02 Å². The predicted octanol–water partition coefficient (Wildman–Crippen LogP) is 2.50. The summed E-state index contributed by atoms with van der Waals surface area (Å²) in [5.74, 6) is -1.36. The minimum Gasteiger partial charge on any atom is -0.369 e. The first-order valence-corrected chi connectivity index (χ1v) is 8.04. The molecule has 130 valence electrons. The Hall–Kier alpha value is -2.67. The van der Waals surface area contributed by atoms with Crippen LogP contribution in [-0.2, 0) is 16.1 Å². The number of nitrogens with one attached hydrogen (secondary N) is 2. The first kappa shape index (κ1) is 17.2. The molecule has 2 aromatic rings. The summed E-state index contributed by atoms with van der Waals surface area (Å²) < 4.78 is 13.0. The minimum absolute atomic E-state index is 0.200. The Morgan fingerprint density at radius 2 is 2.04 bits per heavy atom. The highest BCUT2D eigenvalue weighted by atomic mass is 35.5. The summed E-state index contributed by atoms with van der Waals surface area (Å²) in [5, 5.41) is 5.97. The quantitative estimate of drug-likeness (QED) is 0.688. The molecule has 1 aliphatic carbocycles. The highest BCUT2D eigenvalue weighted by molar-refractivity contribution is 6.33. The fraction of sp³-hybridized carbons (Fsp3) is 0.235. The second-order valence-corrected chi connectivity index (χ2v) is 6.32. The van der Waals surface area contributed by atoms with Crippen LogP contribution in [0.1, 0.15) is 18.5 Å². The number of hydrogen-bond acceptors (Lipinski definition) is 4. The number of nitrogens with zero attached hydrogens (tertiary/aromatic N) is 1. The first-order valence-electron chi connectivity index (χ1n) is 7.66. The molecule has 0 radical (unpaired) electrons. The molecule has 1 saturated carbocycles. The number of hydrogen-bond donors (Lipinski definition) is 3. The number of halogens is 2. The van der Waals surface area contributed by atoms with Crippen molar-refractivity contribution in [1.82, 2.24) is 10.3 Å². The van der Waals surface area contributed by atoms with E-state index in [9.17, 15) is 14.0 Å². The van der Waals surface area contributed by atoms with Crippen molar-refractivity contribution in [2.24, 2.45) is 11.1 Å². The lowest BCUT2D eigenvalue weighted by Crippen LogP contribution is -2.40. The normalized spacial score (nSPS) is 14.6. The summed E-state index contributed by atoms with van der Waals surface area (Å²) in [6.45, 7) is 0.200. The largest absolute Gasteiger partial charge is 0.369 e. The Bertz CT molecular complexity index is 822. The van der Waals surface area contributed by atoms with E-state index >= 15 is 0 Å². The Balaban J connectivity index is 1.59. The summed E-state index contributed by atoms with van der Waals surface area (Å²) in [7, 11) is 0. The number of amides is 2. The van der Waals surface area contributed by atoms with Gasteiger partial charge in [0.1, 0.15) is 11.2 Å². The lowest BCUT2D eigenvalue weighted by atomic mass is 10.1. The molecule has 1 aliphatic rings. The lowest BCUT2D eigenvalue weighted by molar-refractivity contribution is -0.135. The summed E-state index contributed by atoms with van der Waals surface area (Å²) in [5.41, 5.74) is 6.07. The van der Waals surface area contributed by atoms with E-state index in [1.54, 1.807) is 18.3 Å². The van der Waals surface area contributed by atoms with Crippen molar-refractivity contribution in [2.45, 2.75) is 19.4 Å². The van der Waals surface area contributed by atoms with Crippen LogP contribution in [0.4, 0.5) is 15.8 Å². The molecule has 6 nitrogen and oxygen atoms in total.